The molecular formula is C19H24FN3O2. The van der Waals surface area contributed by atoms with Crippen LogP contribution in [0.2, 0.25) is 0 Å². The molecule has 0 spiro atoms. The van der Waals surface area contributed by atoms with Gasteiger partial charge in [-0.3, -0.25) is 9.69 Å². The van der Waals surface area contributed by atoms with Crippen molar-refractivity contribution in [3.05, 3.63) is 59.5 Å². The number of carbonyl (C=O) groups excluding carboxylic acids is 1. The summed E-state index contributed by atoms with van der Waals surface area (Å²) in [6.45, 7) is 2.17. The summed E-state index contributed by atoms with van der Waals surface area (Å²) in [5, 5.41) is 5.82. The van der Waals surface area contributed by atoms with Crippen LogP contribution in [-0.4, -0.2) is 36.6 Å². The van der Waals surface area contributed by atoms with Crippen LogP contribution in [0.15, 0.2) is 47.1 Å². The van der Waals surface area contributed by atoms with Gasteiger partial charge in [-0.15, -0.1) is 0 Å². The van der Waals surface area contributed by atoms with Gasteiger partial charge in [0, 0.05) is 26.1 Å². The van der Waals surface area contributed by atoms with Crippen molar-refractivity contribution in [2.45, 2.75) is 38.3 Å². The molecule has 0 saturated carbocycles. The van der Waals surface area contributed by atoms with Crippen molar-refractivity contribution in [3.63, 3.8) is 0 Å². The van der Waals surface area contributed by atoms with Crippen molar-refractivity contribution in [3.8, 4) is 0 Å². The van der Waals surface area contributed by atoms with E-state index in [2.05, 4.69) is 21.6 Å². The minimum atomic E-state index is -0.932. The Morgan fingerprint density at radius 2 is 2.08 bits per heavy atom. The van der Waals surface area contributed by atoms with Gasteiger partial charge < -0.3 is 15.1 Å². The molecule has 25 heavy (non-hydrogen) atoms. The fourth-order valence-electron chi connectivity index (χ4n) is 3.10. The van der Waals surface area contributed by atoms with E-state index in [1.165, 1.54) is 0 Å². The van der Waals surface area contributed by atoms with Crippen molar-refractivity contribution in [2.24, 2.45) is 0 Å². The van der Waals surface area contributed by atoms with Crippen molar-refractivity contribution in [1.29, 1.82) is 0 Å². The van der Waals surface area contributed by atoms with Crippen LogP contribution in [-0.2, 0) is 24.4 Å². The summed E-state index contributed by atoms with van der Waals surface area (Å²) in [5.41, 5.74) is 2.22. The third-order valence-corrected chi connectivity index (χ3v) is 4.41. The van der Waals surface area contributed by atoms with Crippen LogP contribution in [0.4, 0.5) is 4.39 Å². The van der Waals surface area contributed by atoms with Gasteiger partial charge in [0.25, 0.3) is 0 Å². The minimum Gasteiger partial charge on any atom is -0.468 e. The molecule has 1 aromatic carbocycles. The maximum Gasteiger partial charge on any atom is 0.237 e. The predicted molar refractivity (Wildman–Crippen MR) is 93.5 cm³/mol. The van der Waals surface area contributed by atoms with Crippen LogP contribution >= 0.6 is 0 Å². The maximum absolute atomic E-state index is 13.2. The van der Waals surface area contributed by atoms with Crippen molar-refractivity contribution < 1.29 is 13.6 Å². The first-order valence-corrected chi connectivity index (χ1v) is 8.54. The number of alkyl halides is 1. The number of halogens is 1. The van der Waals surface area contributed by atoms with Crippen LogP contribution in [0, 0.1) is 0 Å². The summed E-state index contributed by atoms with van der Waals surface area (Å²) in [6, 6.07) is 11.4. The topological polar surface area (TPSA) is 57.5 Å². The molecule has 1 amide bonds. The molecule has 1 aliphatic rings. The second-order valence-electron chi connectivity index (χ2n) is 6.53. The number of nitrogens with zero attached hydrogens (tertiary/aromatic N) is 1. The van der Waals surface area contributed by atoms with E-state index in [0.29, 0.717) is 6.54 Å². The highest BCUT2D eigenvalue weighted by atomic mass is 19.1. The monoisotopic (exact) mass is 345 g/mol. The summed E-state index contributed by atoms with van der Waals surface area (Å²) in [6.07, 6.45) is 0.990. The Morgan fingerprint density at radius 1 is 1.28 bits per heavy atom. The van der Waals surface area contributed by atoms with E-state index >= 15 is 0 Å². The van der Waals surface area contributed by atoms with Gasteiger partial charge in [-0.2, -0.15) is 0 Å². The SMILES string of the molecule is CN(Cc1ccco1)Cc1ccccc1CNC(=O)[C@H]1C[C@H](F)CN1. The lowest BCUT2D eigenvalue weighted by molar-refractivity contribution is -0.123. The smallest absolute Gasteiger partial charge is 0.237 e. The Kier molecular flexibility index (Phi) is 5.83. The Labute approximate surface area is 147 Å². The quantitative estimate of drug-likeness (QED) is 0.808. The second kappa shape index (κ2) is 8.27. The predicted octanol–water partition coefficient (Wildman–Crippen LogP) is 2.23. The van der Waals surface area contributed by atoms with Gasteiger partial charge in [0.15, 0.2) is 0 Å². The average molecular weight is 345 g/mol. The Hall–Kier alpha value is -2.18. The van der Waals surface area contributed by atoms with E-state index in [1.807, 2.05) is 37.4 Å². The third-order valence-electron chi connectivity index (χ3n) is 4.41. The molecule has 2 atom stereocenters. The number of amides is 1. The van der Waals surface area contributed by atoms with Gasteiger partial charge in [0.05, 0.1) is 18.8 Å². The highest BCUT2D eigenvalue weighted by molar-refractivity contribution is 5.82. The van der Waals surface area contributed by atoms with Gasteiger partial charge in [0.2, 0.25) is 5.91 Å². The lowest BCUT2D eigenvalue weighted by Gasteiger charge is -2.18. The summed E-state index contributed by atoms with van der Waals surface area (Å²) in [5.74, 6) is 0.778. The second-order valence-corrected chi connectivity index (χ2v) is 6.53. The zero-order valence-electron chi connectivity index (χ0n) is 14.4. The zero-order chi connectivity index (χ0) is 17.6. The first-order chi connectivity index (χ1) is 12.1. The lowest BCUT2D eigenvalue weighted by Crippen LogP contribution is -2.40. The van der Waals surface area contributed by atoms with E-state index in [9.17, 15) is 9.18 Å². The van der Waals surface area contributed by atoms with Crippen molar-refractivity contribution in [1.82, 2.24) is 15.5 Å². The van der Waals surface area contributed by atoms with Crippen LogP contribution in [0.5, 0.6) is 0 Å². The number of rotatable bonds is 7. The highest BCUT2D eigenvalue weighted by Gasteiger charge is 2.28. The van der Waals surface area contributed by atoms with Crippen LogP contribution in [0.1, 0.15) is 23.3 Å². The van der Waals surface area contributed by atoms with Crippen LogP contribution in [0.25, 0.3) is 0 Å². The number of carbonyl (C=O) groups is 1. The minimum absolute atomic E-state index is 0.140. The van der Waals surface area contributed by atoms with Gasteiger partial charge in [0.1, 0.15) is 11.9 Å². The van der Waals surface area contributed by atoms with E-state index in [-0.39, 0.29) is 18.9 Å². The molecule has 0 aliphatic carbocycles. The first-order valence-electron chi connectivity index (χ1n) is 8.54. The van der Waals surface area contributed by atoms with Gasteiger partial charge in [-0.25, -0.2) is 4.39 Å². The highest BCUT2D eigenvalue weighted by Crippen LogP contribution is 2.14. The Bertz CT molecular complexity index is 690. The molecule has 0 radical (unpaired) electrons. The molecule has 6 heteroatoms. The molecule has 5 nitrogen and oxygen atoms in total. The summed E-state index contributed by atoms with van der Waals surface area (Å²) >= 11 is 0. The first kappa shape index (κ1) is 17.6. The number of benzene rings is 1. The third kappa shape index (κ3) is 4.90. The number of nitrogens with one attached hydrogen (secondary N) is 2. The van der Waals surface area contributed by atoms with Crippen LogP contribution < -0.4 is 10.6 Å². The fraction of sp³-hybridized carbons (Fsp3) is 0.421. The van der Waals surface area contributed by atoms with E-state index in [1.54, 1.807) is 6.26 Å². The largest absolute Gasteiger partial charge is 0.468 e. The van der Waals surface area contributed by atoms with Gasteiger partial charge in [-0.1, -0.05) is 24.3 Å². The summed E-state index contributed by atoms with van der Waals surface area (Å²) in [4.78, 5) is 14.3. The van der Waals surface area contributed by atoms with E-state index in [0.717, 1.165) is 30.0 Å². The van der Waals surface area contributed by atoms with Gasteiger partial charge >= 0.3 is 0 Å². The molecule has 3 rings (SSSR count). The standard InChI is InChI=1S/C19H24FN3O2/c1-23(13-17-7-4-8-25-17)12-15-6-3-2-5-14(15)10-22-19(24)18-9-16(20)11-21-18/h2-8,16,18,21H,9-13H2,1H3,(H,22,24)/t16-,18+/m0/s1. The molecule has 0 unspecified atom stereocenters. The van der Waals surface area contributed by atoms with E-state index in [4.69, 9.17) is 4.42 Å². The molecule has 2 N–H and O–H groups in total. The average Bonchev–Trinajstić information content (AvgIpc) is 3.25. The zero-order valence-corrected chi connectivity index (χ0v) is 14.4. The normalized spacial score (nSPS) is 20.1. The molecule has 1 saturated heterocycles. The van der Waals surface area contributed by atoms with Crippen molar-refractivity contribution >= 4 is 5.91 Å². The van der Waals surface area contributed by atoms with Crippen molar-refractivity contribution in [2.75, 3.05) is 13.6 Å². The van der Waals surface area contributed by atoms with E-state index < -0.39 is 12.2 Å². The summed E-state index contributed by atoms with van der Waals surface area (Å²) in [7, 11) is 2.03. The lowest BCUT2D eigenvalue weighted by atomic mass is 10.1. The molecule has 2 heterocycles. The maximum atomic E-state index is 13.2. The van der Waals surface area contributed by atoms with Crippen LogP contribution in [0.3, 0.4) is 0 Å². The summed E-state index contributed by atoms with van der Waals surface area (Å²) < 4.78 is 18.6. The molecule has 1 aromatic heterocycles. The van der Waals surface area contributed by atoms with Gasteiger partial charge in [-0.05, 0) is 30.3 Å². The molecule has 134 valence electrons. The number of hydrogen-bond donors (Lipinski definition) is 2. The molecule has 2 aromatic rings. The Balaban J connectivity index is 1.56. The molecular weight excluding hydrogens is 321 g/mol. The molecule has 1 aliphatic heterocycles. The number of furan rings is 1. The molecule has 0 bridgehead atoms. The molecule has 1 fully saturated rings. The fourth-order valence-corrected chi connectivity index (χ4v) is 3.10. The number of hydrogen-bond acceptors (Lipinski definition) is 4. The Morgan fingerprint density at radius 3 is 2.76 bits per heavy atom.